The van der Waals surface area contributed by atoms with Gasteiger partial charge >= 0.3 is 0 Å². The first kappa shape index (κ1) is 19.0. The number of aromatic nitrogens is 4. The highest BCUT2D eigenvalue weighted by Crippen LogP contribution is 2.30. The molecule has 1 N–H and O–H groups in total. The Kier molecular flexibility index (Phi) is 5.44. The molecule has 4 rings (SSSR count). The highest BCUT2D eigenvalue weighted by Gasteiger charge is 2.15. The predicted octanol–water partition coefficient (Wildman–Crippen LogP) is 4.82. The van der Waals surface area contributed by atoms with Crippen LogP contribution in [-0.2, 0) is 13.6 Å². The fourth-order valence-electron chi connectivity index (χ4n) is 3.04. The molecule has 0 saturated heterocycles. The van der Waals surface area contributed by atoms with Gasteiger partial charge in [-0.05, 0) is 35.4 Å². The number of halogens is 1. The molecular weight excluding hydrogens is 386 g/mol. The molecule has 2 aromatic carbocycles. The topological polar surface area (TPSA) is 64.9 Å². The number of nitrogens with zero attached hydrogens (tertiary/aromatic N) is 4. The normalized spacial score (nSPS) is 10.7. The smallest absolute Gasteiger partial charge is 0.223 e. The van der Waals surface area contributed by atoms with Crippen molar-refractivity contribution < 1.29 is 4.74 Å². The minimum Gasteiger partial charge on any atom is -0.497 e. The van der Waals surface area contributed by atoms with Gasteiger partial charge in [0, 0.05) is 42.8 Å². The molecular formula is C22H20ClN5O. The Labute approximate surface area is 174 Å². The summed E-state index contributed by atoms with van der Waals surface area (Å²) in [7, 11) is 3.60. The Morgan fingerprint density at radius 2 is 1.93 bits per heavy atom. The molecule has 0 aliphatic heterocycles. The van der Waals surface area contributed by atoms with Gasteiger partial charge in [0.2, 0.25) is 5.95 Å². The van der Waals surface area contributed by atoms with E-state index >= 15 is 0 Å². The lowest BCUT2D eigenvalue weighted by molar-refractivity contribution is 0.414. The number of imidazole rings is 1. The number of aryl methyl sites for hydroxylation is 1. The van der Waals surface area contributed by atoms with E-state index in [0.717, 1.165) is 34.0 Å². The van der Waals surface area contributed by atoms with Crippen LogP contribution in [0.4, 0.5) is 5.95 Å². The summed E-state index contributed by atoms with van der Waals surface area (Å²) < 4.78 is 7.22. The molecule has 0 saturated carbocycles. The van der Waals surface area contributed by atoms with E-state index in [1.54, 1.807) is 13.3 Å². The second-order valence-electron chi connectivity index (χ2n) is 6.53. The average Bonchev–Trinajstić information content (AvgIpc) is 3.18. The van der Waals surface area contributed by atoms with Crippen molar-refractivity contribution in [2.24, 2.45) is 7.05 Å². The van der Waals surface area contributed by atoms with Crippen molar-refractivity contribution in [2.75, 3.05) is 12.4 Å². The van der Waals surface area contributed by atoms with Crippen molar-refractivity contribution in [1.82, 2.24) is 19.5 Å². The molecule has 4 aromatic rings. The van der Waals surface area contributed by atoms with Gasteiger partial charge in [-0.25, -0.2) is 15.0 Å². The second kappa shape index (κ2) is 8.32. The van der Waals surface area contributed by atoms with E-state index in [9.17, 15) is 0 Å². The van der Waals surface area contributed by atoms with Crippen LogP contribution >= 0.6 is 11.6 Å². The number of hydrogen-bond donors (Lipinski definition) is 1. The molecule has 0 amide bonds. The summed E-state index contributed by atoms with van der Waals surface area (Å²) in [5.41, 5.74) is 3.70. The lowest BCUT2D eigenvalue weighted by Gasteiger charge is -2.12. The number of benzene rings is 2. The third kappa shape index (κ3) is 4.22. The molecule has 0 radical (unpaired) electrons. The van der Waals surface area contributed by atoms with Gasteiger partial charge in [-0.1, -0.05) is 35.9 Å². The summed E-state index contributed by atoms with van der Waals surface area (Å²) in [5.74, 6) is 2.11. The first-order valence-electron chi connectivity index (χ1n) is 9.11. The minimum absolute atomic E-state index is 0.531. The zero-order chi connectivity index (χ0) is 20.2. The standard InChI is InChI=1S/C22H20ClN5O/c1-28-11-10-24-21(28)20-19(16-6-8-17(23)9-7-16)14-26-22(27-20)25-13-15-4-3-5-18(12-15)29-2/h3-12,14H,13H2,1-2H3,(H,25,26,27). The van der Waals surface area contributed by atoms with Crippen molar-refractivity contribution in [2.45, 2.75) is 6.54 Å². The van der Waals surface area contributed by atoms with E-state index < -0.39 is 0 Å². The Morgan fingerprint density at radius 1 is 1.10 bits per heavy atom. The molecule has 29 heavy (non-hydrogen) atoms. The summed E-state index contributed by atoms with van der Waals surface area (Å²) >= 11 is 6.04. The van der Waals surface area contributed by atoms with Gasteiger partial charge in [-0.3, -0.25) is 0 Å². The molecule has 0 atom stereocenters. The lowest BCUT2D eigenvalue weighted by atomic mass is 10.1. The largest absolute Gasteiger partial charge is 0.497 e. The molecule has 146 valence electrons. The molecule has 0 aliphatic rings. The molecule has 0 unspecified atom stereocenters. The van der Waals surface area contributed by atoms with Crippen molar-refractivity contribution >= 4 is 17.5 Å². The maximum atomic E-state index is 6.04. The van der Waals surface area contributed by atoms with Crippen LogP contribution in [0.1, 0.15) is 5.56 Å². The number of methoxy groups -OCH3 is 1. The van der Waals surface area contributed by atoms with Gasteiger partial charge in [0.05, 0.1) is 7.11 Å². The molecule has 7 heteroatoms. The minimum atomic E-state index is 0.531. The fourth-order valence-corrected chi connectivity index (χ4v) is 3.16. The van der Waals surface area contributed by atoms with Gasteiger partial charge in [-0.2, -0.15) is 0 Å². The first-order valence-corrected chi connectivity index (χ1v) is 9.49. The Bertz CT molecular complexity index is 1120. The maximum absolute atomic E-state index is 6.04. The predicted molar refractivity (Wildman–Crippen MR) is 115 cm³/mol. The quantitative estimate of drug-likeness (QED) is 0.498. The Morgan fingerprint density at radius 3 is 2.66 bits per heavy atom. The Hall–Kier alpha value is -3.38. The van der Waals surface area contributed by atoms with Crippen LogP contribution in [0.15, 0.2) is 67.1 Å². The van der Waals surface area contributed by atoms with Crippen molar-refractivity contribution in [1.29, 1.82) is 0 Å². The van der Waals surface area contributed by atoms with Crippen molar-refractivity contribution in [3.63, 3.8) is 0 Å². The summed E-state index contributed by atoms with van der Waals surface area (Å²) in [6.45, 7) is 0.581. The Balaban J connectivity index is 1.68. The highest BCUT2D eigenvalue weighted by molar-refractivity contribution is 6.30. The van der Waals surface area contributed by atoms with Crippen molar-refractivity contribution in [3.8, 4) is 28.4 Å². The molecule has 0 spiro atoms. The SMILES string of the molecule is COc1cccc(CNc2ncc(-c3ccc(Cl)cc3)c(-c3nccn3C)n2)c1. The molecule has 0 bridgehead atoms. The van der Waals surface area contributed by atoms with Gasteiger partial charge in [0.1, 0.15) is 11.4 Å². The number of hydrogen-bond acceptors (Lipinski definition) is 5. The van der Waals surface area contributed by atoms with E-state index in [4.69, 9.17) is 21.3 Å². The summed E-state index contributed by atoms with van der Waals surface area (Å²) in [4.78, 5) is 13.7. The van der Waals surface area contributed by atoms with Gasteiger partial charge in [-0.15, -0.1) is 0 Å². The fraction of sp³-hybridized carbons (Fsp3) is 0.136. The van der Waals surface area contributed by atoms with E-state index in [-0.39, 0.29) is 0 Å². The zero-order valence-electron chi connectivity index (χ0n) is 16.1. The van der Waals surface area contributed by atoms with Crippen LogP contribution in [-0.4, -0.2) is 26.6 Å². The van der Waals surface area contributed by atoms with Crippen LogP contribution in [0.2, 0.25) is 5.02 Å². The van der Waals surface area contributed by atoms with Gasteiger partial charge < -0.3 is 14.6 Å². The average molecular weight is 406 g/mol. The van der Waals surface area contributed by atoms with Crippen LogP contribution in [0.25, 0.3) is 22.6 Å². The van der Waals surface area contributed by atoms with E-state index in [2.05, 4.69) is 15.3 Å². The maximum Gasteiger partial charge on any atom is 0.223 e. The molecule has 6 nitrogen and oxygen atoms in total. The number of ether oxygens (including phenoxy) is 1. The summed E-state index contributed by atoms with van der Waals surface area (Å²) in [6.07, 6.45) is 5.47. The molecule has 2 aromatic heterocycles. The zero-order valence-corrected chi connectivity index (χ0v) is 16.9. The second-order valence-corrected chi connectivity index (χ2v) is 6.97. The number of anilines is 1. The molecule has 0 fully saturated rings. The number of rotatable bonds is 6. The van der Waals surface area contributed by atoms with Crippen LogP contribution < -0.4 is 10.1 Å². The third-order valence-electron chi connectivity index (χ3n) is 4.56. The lowest BCUT2D eigenvalue weighted by Crippen LogP contribution is -2.06. The van der Waals surface area contributed by atoms with Crippen LogP contribution in [0.5, 0.6) is 5.75 Å². The van der Waals surface area contributed by atoms with E-state index in [1.807, 2.05) is 72.5 Å². The summed E-state index contributed by atoms with van der Waals surface area (Å²) in [6, 6.07) is 15.5. The molecule has 0 aliphatic carbocycles. The van der Waals surface area contributed by atoms with Gasteiger partial charge in [0.15, 0.2) is 5.82 Å². The number of nitrogens with one attached hydrogen (secondary N) is 1. The van der Waals surface area contributed by atoms with Crippen LogP contribution in [0, 0.1) is 0 Å². The molecule has 2 heterocycles. The first-order chi connectivity index (χ1) is 14.1. The highest BCUT2D eigenvalue weighted by atomic mass is 35.5. The van der Waals surface area contributed by atoms with Crippen LogP contribution in [0.3, 0.4) is 0 Å². The monoisotopic (exact) mass is 405 g/mol. The van der Waals surface area contributed by atoms with E-state index in [1.165, 1.54) is 0 Å². The third-order valence-corrected chi connectivity index (χ3v) is 4.81. The summed E-state index contributed by atoms with van der Waals surface area (Å²) in [5, 5.41) is 3.97. The van der Waals surface area contributed by atoms with Gasteiger partial charge in [0.25, 0.3) is 0 Å². The van der Waals surface area contributed by atoms with Crippen molar-refractivity contribution in [3.05, 3.63) is 77.7 Å². The van der Waals surface area contributed by atoms with E-state index in [0.29, 0.717) is 17.5 Å².